The molecule has 1 fully saturated rings. The first-order valence-corrected chi connectivity index (χ1v) is 12.6. The maximum absolute atomic E-state index is 12.5. The molecule has 32 heavy (non-hydrogen) atoms. The van der Waals surface area contributed by atoms with Gasteiger partial charge in [0.2, 0.25) is 0 Å². The summed E-state index contributed by atoms with van der Waals surface area (Å²) in [6.07, 6.45) is 1.12. The van der Waals surface area contributed by atoms with Gasteiger partial charge < -0.3 is 9.64 Å². The van der Waals surface area contributed by atoms with E-state index < -0.39 is 21.8 Å². The van der Waals surface area contributed by atoms with Gasteiger partial charge >= 0.3 is 6.03 Å². The van der Waals surface area contributed by atoms with Crippen LogP contribution in [0.4, 0.5) is 15.6 Å². The van der Waals surface area contributed by atoms with Gasteiger partial charge in [0.1, 0.15) is 0 Å². The van der Waals surface area contributed by atoms with Crippen molar-refractivity contribution < 1.29 is 22.7 Å². The molecular weight excluding hydrogens is 476 g/mol. The Labute approximate surface area is 193 Å². The maximum atomic E-state index is 12.5. The molecule has 3 aromatic rings. The van der Waals surface area contributed by atoms with Gasteiger partial charge in [-0.3, -0.25) is 15.4 Å². The molecule has 2 aromatic carbocycles. The van der Waals surface area contributed by atoms with Crippen molar-refractivity contribution in [1.82, 2.24) is 10.3 Å². The number of hydrogen-bond acceptors (Lipinski definition) is 8. The van der Waals surface area contributed by atoms with Crippen LogP contribution >= 0.6 is 22.9 Å². The number of carbonyl (C=O) groups is 2. The Kier molecular flexibility index (Phi) is 6.33. The number of aromatic nitrogens is 1. The number of amides is 3. The van der Waals surface area contributed by atoms with Crippen LogP contribution < -0.4 is 15.5 Å². The quantitative estimate of drug-likeness (QED) is 0.572. The number of halogens is 1. The van der Waals surface area contributed by atoms with Gasteiger partial charge in [0.25, 0.3) is 5.91 Å². The van der Waals surface area contributed by atoms with Crippen LogP contribution in [0, 0.1) is 0 Å². The molecular formula is C20H19ClN4O5S2. The topological polar surface area (TPSA) is 118 Å². The molecule has 0 bridgehead atoms. The van der Waals surface area contributed by atoms with E-state index in [1.807, 2.05) is 0 Å². The maximum Gasteiger partial charge on any atom is 0.327 e. The monoisotopic (exact) mass is 494 g/mol. The summed E-state index contributed by atoms with van der Waals surface area (Å²) < 4.78 is 29.3. The van der Waals surface area contributed by atoms with Crippen LogP contribution in [0.2, 0.25) is 5.02 Å². The third-order valence-electron chi connectivity index (χ3n) is 4.81. The Hall–Kier alpha value is -2.73. The van der Waals surface area contributed by atoms with Crippen LogP contribution in [0.25, 0.3) is 10.2 Å². The van der Waals surface area contributed by atoms with Crippen molar-refractivity contribution in [3.05, 3.63) is 47.0 Å². The van der Waals surface area contributed by atoms with Crippen LogP contribution in [0.15, 0.2) is 41.3 Å². The molecule has 0 radical (unpaired) electrons. The van der Waals surface area contributed by atoms with Crippen molar-refractivity contribution in [2.75, 3.05) is 42.8 Å². The molecule has 0 unspecified atom stereocenters. The number of ether oxygens (including phenoxy) is 1. The van der Waals surface area contributed by atoms with Gasteiger partial charge in [-0.2, -0.15) is 0 Å². The van der Waals surface area contributed by atoms with Gasteiger partial charge in [0, 0.05) is 25.0 Å². The molecule has 2 heterocycles. The van der Waals surface area contributed by atoms with Gasteiger partial charge in [-0.1, -0.05) is 22.9 Å². The third-order valence-corrected chi connectivity index (χ3v) is 7.17. The smallest absolute Gasteiger partial charge is 0.327 e. The Morgan fingerprint density at radius 1 is 1.16 bits per heavy atom. The fraction of sp³-hybridized carbons (Fsp3) is 0.250. The van der Waals surface area contributed by atoms with E-state index in [-0.39, 0.29) is 20.6 Å². The Morgan fingerprint density at radius 3 is 2.59 bits per heavy atom. The zero-order valence-electron chi connectivity index (χ0n) is 16.9. The summed E-state index contributed by atoms with van der Waals surface area (Å²) >= 11 is 7.38. The number of imide groups is 1. The number of thiazole rings is 1. The van der Waals surface area contributed by atoms with Gasteiger partial charge in [-0.25, -0.2) is 18.2 Å². The molecule has 1 aliphatic heterocycles. The normalized spacial score (nSPS) is 14.4. The number of carbonyl (C=O) groups excluding carboxylic acids is 2. The number of hydrogen-bond donors (Lipinski definition) is 2. The lowest BCUT2D eigenvalue weighted by atomic mass is 10.1. The molecule has 2 N–H and O–H groups in total. The molecule has 0 aliphatic carbocycles. The predicted octanol–water partition coefficient (Wildman–Crippen LogP) is 3.15. The molecule has 1 saturated heterocycles. The largest absolute Gasteiger partial charge is 0.378 e. The van der Waals surface area contributed by atoms with Crippen molar-refractivity contribution in [3.63, 3.8) is 0 Å². The van der Waals surface area contributed by atoms with Crippen LogP contribution in [0.3, 0.4) is 0 Å². The Bertz CT molecular complexity index is 1300. The number of rotatable bonds is 4. The highest BCUT2D eigenvalue weighted by molar-refractivity contribution is 7.90. The summed E-state index contributed by atoms with van der Waals surface area (Å²) in [5.41, 5.74) is 1.58. The fourth-order valence-electron chi connectivity index (χ4n) is 3.19. The van der Waals surface area contributed by atoms with E-state index >= 15 is 0 Å². The average molecular weight is 495 g/mol. The number of urea groups is 1. The van der Waals surface area contributed by atoms with E-state index in [1.54, 1.807) is 24.3 Å². The number of morpholine rings is 1. The van der Waals surface area contributed by atoms with Crippen molar-refractivity contribution in [3.8, 4) is 0 Å². The van der Waals surface area contributed by atoms with Crippen LogP contribution in [0.5, 0.6) is 0 Å². The van der Waals surface area contributed by atoms with Crippen molar-refractivity contribution in [2.24, 2.45) is 0 Å². The summed E-state index contributed by atoms with van der Waals surface area (Å²) in [6, 6.07) is 8.76. The molecule has 12 heteroatoms. The number of anilines is 2. The number of fused-ring (bicyclic) bond motifs is 1. The predicted molar refractivity (Wildman–Crippen MR) is 124 cm³/mol. The zero-order chi connectivity index (χ0) is 22.9. The van der Waals surface area contributed by atoms with Crippen molar-refractivity contribution >= 4 is 65.7 Å². The number of sulfone groups is 1. The second kappa shape index (κ2) is 9.02. The first kappa shape index (κ1) is 22.5. The van der Waals surface area contributed by atoms with Crippen LogP contribution in [-0.2, 0) is 14.6 Å². The highest BCUT2D eigenvalue weighted by Gasteiger charge is 2.18. The first-order valence-electron chi connectivity index (χ1n) is 9.56. The number of nitrogens with one attached hydrogen (secondary N) is 2. The second-order valence-corrected chi connectivity index (χ2v) is 10.5. The lowest BCUT2D eigenvalue weighted by Crippen LogP contribution is -2.36. The molecule has 0 saturated carbocycles. The lowest BCUT2D eigenvalue weighted by Gasteiger charge is -2.29. The molecule has 4 rings (SSSR count). The van der Waals surface area contributed by atoms with Crippen molar-refractivity contribution in [1.29, 1.82) is 0 Å². The Morgan fingerprint density at radius 2 is 1.91 bits per heavy atom. The molecule has 0 spiro atoms. The standard InChI is InChI=1S/C20H19ClN4O5S2/c1-32(28,29)13-3-5-16-17(11-13)31-20(22-16)24-19(27)23-18(26)14-4-2-12(10-15(14)21)25-6-8-30-9-7-25/h2-5,10-11H,6-9H2,1H3,(H2,22,23,24,26,27). The second-order valence-electron chi connectivity index (χ2n) is 7.09. The van der Waals surface area contributed by atoms with E-state index in [4.69, 9.17) is 16.3 Å². The highest BCUT2D eigenvalue weighted by Crippen LogP contribution is 2.28. The zero-order valence-corrected chi connectivity index (χ0v) is 19.3. The van der Waals surface area contributed by atoms with E-state index in [9.17, 15) is 18.0 Å². The summed E-state index contributed by atoms with van der Waals surface area (Å²) in [7, 11) is -3.36. The summed E-state index contributed by atoms with van der Waals surface area (Å²) in [6.45, 7) is 2.72. The minimum absolute atomic E-state index is 0.162. The summed E-state index contributed by atoms with van der Waals surface area (Å²) in [4.78, 5) is 31.3. The fourth-order valence-corrected chi connectivity index (χ4v) is 5.08. The number of benzene rings is 2. The Balaban J connectivity index is 1.43. The van der Waals surface area contributed by atoms with Crippen molar-refractivity contribution in [2.45, 2.75) is 4.90 Å². The minimum atomic E-state index is -3.36. The van der Waals surface area contributed by atoms with E-state index in [0.29, 0.717) is 23.4 Å². The van der Waals surface area contributed by atoms with E-state index in [1.165, 1.54) is 12.1 Å². The van der Waals surface area contributed by atoms with Gasteiger partial charge in [-0.05, 0) is 36.4 Å². The summed E-state index contributed by atoms with van der Waals surface area (Å²) in [5, 5.41) is 5.18. The highest BCUT2D eigenvalue weighted by atomic mass is 35.5. The minimum Gasteiger partial charge on any atom is -0.378 e. The average Bonchev–Trinajstić information content (AvgIpc) is 3.14. The van der Waals surface area contributed by atoms with Crippen LogP contribution in [0.1, 0.15) is 10.4 Å². The molecule has 1 aliphatic rings. The molecule has 9 nitrogen and oxygen atoms in total. The molecule has 3 amide bonds. The van der Waals surface area contributed by atoms with Gasteiger partial charge in [-0.15, -0.1) is 0 Å². The van der Waals surface area contributed by atoms with Crippen LogP contribution in [-0.4, -0.2) is 57.9 Å². The van der Waals surface area contributed by atoms with Gasteiger partial charge in [0.15, 0.2) is 15.0 Å². The molecule has 0 atom stereocenters. The lowest BCUT2D eigenvalue weighted by molar-refractivity contribution is 0.0967. The van der Waals surface area contributed by atoms with Gasteiger partial charge in [0.05, 0.1) is 38.9 Å². The third kappa shape index (κ3) is 5.01. The SMILES string of the molecule is CS(=O)(=O)c1ccc2nc(NC(=O)NC(=O)c3ccc(N4CCOCC4)cc3Cl)sc2c1. The first-order chi connectivity index (χ1) is 15.2. The summed E-state index contributed by atoms with van der Waals surface area (Å²) in [5.74, 6) is -0.651. The molecule has 168 valence electrons. The number of nitrogens with zero attached hydrogens (tertiary/aromatic N) is 2. The molecule has 1 aromatic heterocycles. The van der Waals surface area contributed by atoms with E-state index in [2.05, 4.69) is 20.5 Å². The van der Waals surface area contributed by atoms with E-state index in [0.717, 1.165) is 36.4 Å².